The van der Waals surface area contributed by atoms with Crippen LogP contribution in [0.15, 0.2) is 10.3 Å². The van der Waals surface area contributed by atoms with Crippen LogP contribution in [-0.2, 0) is 16.6 Å². The summed E-state index contributed by atoms with van der Waals surface area (Å²) in [4.78, 5) is 0.872. The van der Waals surface area contributed by atoms with Crippen molar-refractivity contribution >= 4 is 21.4 Å². The number of nitrogens with zero attached hydrogens (tertiary/aromatic N) is 1. The molecule has 0 radical (unpaired) electrons. The van der Waals surface area contributed by atoms with E-state index in [1.54, 1.807) is 16.6 Å². The van der Waals surface area contributed by atoms with Gasteiger partial charge < -0.3 is 5.11 Å². The average Bonchev–Trinajstić information content (AvgIpc) is 2.81. The second kappa shape index (κ2) is 5.75. The van der Waals surface area contributed by atoms with Crippen molar-refractivity contribution in [2.45, 2.75) is 51.5 Å². The molecule has 0 saturated carbocycles. The molecule has 1 N–H and O–H groups in total. The molecule has 4 nitrogen and oxygen atoms in total. The van der Waals surface area contributed by atoms with Gasteiger partial charge in [0.15, 0.2) is 0 Å². The Bertz CT molecular complexity index is 569. The quantitative estimate of drug-likeness (QED) is 0.929. The first-order valence-electron chi connectivity index (χ1n) is 7.02. The lowest BCUT2D eigenvalue weighted by Crippen LogP contribution is -2.42. The fourth-order valence-corrected chi connectivity index (χ4v) is 5.75. The Labute approximate surface area is 125 Å². The molecular formula is C14H23NO3S2. The molecule has 1 fully saturated rings. The van der Waals surface area contributed by atoms with Gasteiger partial charge in [0.05, 0.1) is 11.5 Å². The summed E-state index contributed by atoms with van der Waals surface area (Å²) < 4.78 is 27.1. The summed E-state index contributed by atoms with van der Waals surface area (Å²) in [5.74, 6) is 0. The molecule has 2 heterocycles. The number of aliphatic hydroxyl groups excluding tert-OH is 1. The topological polar surface area (TPSA) is 57.6 Å². The van der Waals surface area contributed by atoms with Gasteiger partial charge in [-0.05, 0) is 36.1 Å². The molecule has 1 saturated heterocycles. The van der Waals surface area contributed by atoms with Crippen molar-refractivity contribution in [1.82, 2.24) is 4.31 Å². The molecule has 0 spiro atoms. The zero-order valence-electron chi connectivity index (χ0n) is 12.3. The molecule has 0 aromatic carbocycles. The van der Waals surface area contributed by atoms with Crippen molar-refractivity contribution in [2.24, 2.45) is 5.41 Å². The van der Waals surface area contributed by atoms with Gasteiger partial charge in [0.2, 0.25) is 10.0 Å². The average molecular weight is 317 g/mol. The zero-order chi connectivity index (χ0) is 15.0. The van der Waals surface area contributed by atoms with Crippen molar-refractivity contribution in [1.29, 1.82) is 0 Å². The Morgan fingerprint density at radius 1 is 1.40 bits per heavy atom. The minimum atomic E-state index is -3.47. The smallest absolute Gasteiger partial charge is 0.244 e. The van der Waals surface area contributed by atoms with Crippen molar-refractivity contribution in [3.63, 3.8) is 0 Å². The standard InChI is InChI=1S/C14H23NO3S2/c1-4-14(3)5-7-15(8-6-14)20(17,18)13-11(2)10-19-12(13)9-16/h10,16H,4-9H2,1-3H3. The predicted molar refractivity (Wildman–Crippen MR) is 81.4 cm³/mol. The molecule has 0 bridgehead atoms. The largest absolute Gasteiger partial charge is 0.391 e. The first kappa shape index (κ1) is 15.9. The van der Waals surface area contributed by atoms with E-state index in [1.165, 1.54) is 11.3 Å². The third-order valence-electron chi connectivity index (χ3n) is 4.51. The van der Waals surface area contributed by atoms with E-state index in [-0.39, 0.29) is 12.0 Å². The third-order valence-corrected chi connectivity index (χ3v) is 7.86. The first-order chi connectivity index (χ1) is 9.34. The highest BCUT2D eigenvalue weighted by molar-refractivity contribution is 7.89. The predicted octanol–water partition coefficient (Wildman–Crippen LogP) is 2.75. The maximum absolute atomic E-state index is 12.8. The second-order valence-corrected chi connectivity index (χ2v) is 8.74. The van der Waals surface area contributed by atoms with Crippen molar-refractivity contribution in [3.8, 4) is 0 Å². The highest BCUT2D eigenvalue weighted by Gasteiger charge is 2.36. The van der Waals surface area contributed by atoms with E-state index >= 15 is 0 Å². The Kier molecular flexibility index (Phi) is 4.59. The fraction of sp³-hybridized carbons (Fsp3) is 0.714. The van der Waals surface area contributed by atoms with E-state index < -0.39 is 10.0 Å². The van der Waals surface area contributed by atoms with Gasteiger partial charge in [-0.25, -0.2) is 8.42 Å². The molecule has 0 unspecified atom stereocenters. The van der Waals surface area contributed by atoms with Crippen LogP contribution in [0.3, 0.4) is 0 Å². The second-order valence-electron chi connectivity index (χ2n) is 5.90. The maximum atomic E-state index is 12.8. The molecule has 1 aromatic heterocycles. The molecule has 0 amide bonds. The Hall–Kier alpha value is -0.430. The number of hydrogen-bond acceptors (Lipinski definition) is 4. The summed E-state index contributed by atoms with van der Waals surface area (Å²) in [6.45, 7) is 7.12. The Morgan fingerprint density at radius 2 is 2.00 bits per heavy atom. The first-order valence-corrected chi connectivity index (χ1v) is 9.34. The molecule has 1 aliphatic heterocycles. The molecule has 6 heteroatoms. The van der Waals surface area contributed by atoms with Gasteiger partial charge in [0.1, 0.15) is 4.90 Å². The van der Waals surface area contributed by atoms with Crippen molar-refractivity contribution in [2.75, 3.05) is 13.1 Å². The fourth-order valence-electron chi connectivity index (χ4n) is 2.69. The van der Waals surface area contributed by atoms with Gasteiger partial charge >= 0.3 is 0 Å². The lowest BCUT2D eigenvalue weighted by molar-refractivity contribution is 0.168. The number of thiophene rings is 1. The summed E-state index contributed by atoms with van der Waals surface area (Å²) >= 11 is 1.32. The van der Waals surface area contributed by atoms with Gasteiger partial charge in [0.25, 0.3) is 0 Å². The Balaban J connectivity index is 2.26. The van der Waals surface area contributed by atoms with E-state index in [4.69, 9.17) is 0 Å². The van der Waals surface area contributed by atoms with Crippen molar-refractivity contribution < 1.29 is 13.5 Å². The van der Waals surface area contributed by atoms with E-state index in [0.29, 0.717) is 22.9 Å². The van der Waals surface area contributed by atoms with Crippen LogP contribution < -0.4 is 0 Å². The van der Waals surface area contributed by atoms with Crippen LogP contribution in [-0.4, -0.2) is 30.9 Å². The molecular weight excluding hydrogens is 294 g/mol. The molecule has 20 heavy (non-hydrogen) atoms. The van der Waals surface area contributed by atoms with Gasteiger partial charge in [-0.1, -0.05) is 20.3 Å². The number of sulfonamides is 1. The minimum Gasteiger partial charge on any atom is -0.391 e. The van der Waals surface area contributed by atoms with E-state index in [9.17, 15) is 13.5 Å². The van der Waals surface area contributed by atoms with Gasteiger partial charge in [0, 0.05) is 13.1 Å². The summed E-state index contributed by atoms with van der Waals surface area (Å²) in [7, 11) is -3.47. The Morgan fingerprint density at radius 3 is 2.50 bits per heavy atom. The lowest BCUT2D eigenvalue weighted by Gasteiger charge is -2.38. The van der Waals surface area contributed by atoms with Crippen LogP contribution in [0.4, 0.5) is 0 Å². The monoisotopic (exact) mass is 317 g/mol. The number of piperidine rings is 1. The van der Waals surface area contributed by atoms with Crippen LogP contribution in [0.25, 0.3) is 0 Å². The van der Waals surface area contributed by atoms with E-state index in [2.05, 4.69) is 13.8 Å². The highest BCUT2D eigenvalue weighted by atomic mass is 32.2. The van der Waals surface area contributed by atoms with Crippen LogP contribution in [0.5, 0.6) is 0 Å². The van der Waals surface area contributed by atoms with E-state index in [1.807, 2.05) is 0 Å². The molecule has 2 rings (SSSR count). The van der Waals surface area contributed by atoms with Gasteiger partial charge in [-0.3, -0.25) is 0 Å². The normalized spacial score (nSPS) is 20.2. The maximum Gasteiger partial charge on any atom is 0.244 e. The number of hydrogen-bond donors (Lipinski definition) is 1. The molecule has 1 aliphatic rings. The number of aliphatic hydroxyl groups is 1. The summed E-state index contributed by atoms with van der Waals surface area (Å²) in [5.41, 5.74) is 0.998. The van der Waals surface area contributed by atoms with E-state index in [0.717, 1.165) is 24.8 Å². The van der Waals surface area contributed by atoms with Gasteiger partial charge in [-0.15, -0.1) is 11.3 Å². The summed E-state index contributed by atoms with van der Waals surface area (Å²) in [6.07, 6.45) is 2.89. The molecule has 114 valence electrons. The molecule has 0 atom stereocenters. The minimum absolute atomic E-state index is 0.215. The van der Waals surface area contributed by atoms with Crippen LogP contribution >= 0.6 is 11.3 Å². The number of rotatable bonds is 4. The summed E-state index contributed by atoms with van der Waals surface area (Å²) in [5, 5.41) is 11.1. The van der Waals surface area contributed by atoms with Crippen LogP contribution in [0, 0.1) is 12.3 Å². The summed E-state index contributed by atoms with van der Waals surface area (Å²) in [6, 6.07) is 0. The SMILES string of the molecule is CCC1(C)CCN(S(=O)(=O)c2c(C)csc2CO)CC1. The lowest BCUT2D eigenvalue weighted by atomic mass is 9.79. The van der Waals surface area contributed by atoms with Crippen molar-refractivity contribution in [3.05, 3.63) is 15.8 Å². The van der Waals surface area contributed by atoms with Crippen LogP contribution in [0.1, 0.15) is 43.6 Å². The third kappa shape index (κ3) is 2.79. The molecule has 0 aliphatic carbocycles. The number of aryl methyl sites for hydroxylation is 1. The van der Waals surface area contributed by atoms with Crippen LogP contribution in [0.2, 0.25) is 0 Å². The zero-order valence-corrected chi connectivity index (χ0v) is 14.0. The van der Waals surface area contributed by atoms with Gasteiger partial charge in [-0.2, -0.15) is 4.31 Å². The molecule has 1 aromatic rings. The highest BCUT2D eigenvalue weighted by Crippen LogP contribution is 2.37.